The molecule has 0 unspecified atom stereocenters. The summed E-state index contributed by atoms with van der Waals surface area (Å²) in [5.41, 5.74) is 7.18. The van der Waals surface area contributed by atoms with Gasteiger partial charge in [-0.05, 0) is 55.2 Å². The van der Waals surface area contributed by atoms with Crippen molar-refractivity contribution < 1.29 is 4.79 Å². The van der Waals surface area contributed by atoms with E-state index in [1.165, 1.54) is 30.5 Å². The number of fused-ring (bicyclic) bond motifs is 1. The fourth-order valence-electron chi connectivity index (χ4n) is 4.38. The van der Waals surface area contributed by atoms with E-state index in [4.69, 9.17) is 0 Å². The molecule has 2 aliphatic heterocycles. The number of para-hydroxylation sites is 1. The van der Waals surface area contributed by atoms with Crippen molar-refractivity contribution in [2.45, 2.75) is 25.7 Å². The quantitative estimate of drug-likeness (QED) is 0.679. The Morgan fingerprint density at radius 3 is 2.73 bits per heavy atom. The first-order valence-corrected chi connectivity index (χ1v) is 10.8. The molecule has 152 valence electrons. The van der Waals surface area contributed by atoms with Crippen LogP contribution in [0.3, 0.4) is 0 Å². The molecule has 3 aromatic rings. The molecule has 0 saturated carbocycles. The van der Waals surface area contributed by atoms with Crippen LogP contribution in [-0.2, 0) is 6.42 Å². The summed E-state index contributed by atoms with van der Waals surface area (Å²) in [4.78, 5) is 22.5. The zero-order valence-electron chi connectivity index (χ0n) is 17.0. The highest BCUT2D eigenvalue weighted by molar-refractivity contribution is 5.97. The molecule has 1 aromatic carbocycles. The Morgan fingerprint density at radius 1 is 1.00 bits per heavy atom. The third kappa shape index (κ3) is 3.75. The first-order valence-electron chi connectivity index (χ1n) is 10.8. The molecule has 5 heteroatoms. The first kappa shape index (κ1) is 18.7. The summed E-state index contributed by atoms with van der Waals surface area (Å²) in [5.74, 6) is 0.00208. The van der Waals surface area contributed by atoms with Crippen molar-refractivity contribution in [3.63, 3.8) is 0 Å². The van der Waals surface area contributed by atoms with Gasteiger partial charge < -0.3 is 15.2 Å². The number of aromatic amines is 1. The molecular formula is C25H26N4O. The van der Waals surface area contributed by atoms with E-state index in [0.29, 0.717) is 6.54 Å². The van der Waals surface area contributed by atoms with Crippen molar-refractivity contribution in [1.29, 1.82) is 0 Å². The van der Waals surface area contributed by atoms with Crippen LogP contribution in [-0.4, -0.2) is 35.5 Å². The molecule has 5 nitrogen and oxygen atoms in total. The number of pyridine rings is 1. The Bertz CT molecular complexity index is 1090. The number of carbonyl (C=O) groups excluding carboxylic acids is 1. The summed E-state index contributed by atoms with van der Waals surface area (Å²) in [6, 6.07) is 14.6. The smallest absolute Gasteiger partial charge is 0.253 e. The van der Waals surface area contributed by atoms with Gasteiger partial charge in [0.25, 0.3) is 5.91 Å². The third-order valence-corrected chi connectivity index (χ3v) is 5.96. The van der Waals surface area contributed by atoms with E-state index < -0.39 is 0 Å². The summed E-state index contributed by atoms with van der Waals surface area (Å²) < 4.78 is 0. The number of benzene rings is 1. The number of piperidine rings is 1. The van der Waals surface area contributed by atoms with E-state index in [1.54, 1.807) is 0 Å². The van der Waals surface area contributed by atoms with Crippen LogP contribution in [0.25, 0.3) is 23.4 Å². The number of hydrogen-bond acceptors (Lipinski definition) is 3. The molecule has 0 atom stereocenters. The number of anilines is 1. The van der Waals surface area contributed by atoms with Gasteiger partial charge in [-0.2, -0.15) is 0 Å². The normalized spacial score (nSPS) is 16.5. The van der Waals surface area contributed by atoms with Crippen LogP contribution >= 0.6 is 0 Å². The van der Waals surface area contributed by atoms with Gasteiger partial charge in [0.15, 0.2) is 0 Å². The standard InChI is InChI=1S/C25H26N4O/c30-25-21-17-23(28-22(21)11-13-27-25)19-10-12-26-20(16-19)9-8-18-6-2-3-7-24(18)29-14-4-1-5-15-29/h2-3,6-10,12,16-17,28H,1,4-5,11,13-15H2,(H,27,30). The number of nitrogens with zero attached hydrogens (tertiary/aromatic N) is 2. The Morgan fingerprint density at radius 2 is 1.87 bits per heavy atom. The summed E-state index contributed by atoms with van der Waals surface area (Å²) in [5, 5.41) is 2.90. The number of nitrogens with one attached hydrogen (secondary N) is 2. The zero-order chi connectivity index (χ0) is 20.3. The Hall–Kier alpha value is -3.34. The Kier molecular flexibility index (Phi) is 5.10. The van der Waals surface area contributed by atoms with Crippen LogP contribution in [0.5, 0.6) is 0 Å². The average Bonchev–Trinajstić information content (AvgIpc) is 3.25. The van der Waals surface area contributed by atoms with Gasteiger partial charge >= 0.3 is 0 Å². The van der Waals surface area contributed by atoms with E-state index >= 15 is 0 Å². The SMILES string of the molecule is O=C1NCCc2[nH]c(-c3ccnc(C=Cc4ccccc4N4CCCCC4)c3)cc21. The third-order valence-electron chi connectivity index (χ3n) is 5.96. The minimum absolute atomic E-state index is 0.00208. The van der Waals surface area contributed by atoms with Crippen molar-refractivity contribution >= 4 is 23.7 Å². The van der Waals surface area contributed by atoms with Crippen molar-refractivity contribution in [2.24, 2.45) is 0 Å². The highest BCUT2D eigenvalue weighted by Crippen LogP contribution is 2.27. The topological polar surface area (TPSA) is 61.0 Å². The number of carbonyl (C=O) groups is 1. The molecule has 0 spiro atoms. The maximum Gasteiger partial charge on any atom is 0.253 e. The summed E-state index contributed by atoms with van der Waals surface area (Å²) >= 11 is 0. The van der Waals surface area contributed by atoms with Gasteiger partial charge in [0.1, 0.15) is 0 Å². The van der Waals surface area contributed by atoms with Gasteiger partial charge in [0.2, 0.25) is 0 Å². The predicted octanol–water partition coefficient (Wildman–Crippen LogP) is 4.52. The molecule has 4 heterocycles. The molecule has 2 aromatic heterocycles. The molecule has 0 radical (unpaired) electrons. The molecular weight excluding hydrogens is 372 g/mol. The molecule has 2 aliphatic rings. The second-order valence-corrected chi connectivity index (χ2v) is 7.99. The number of hydrogen-bond donors (Lipinski definition) is 2. The average molecular weight is 399 g/mol. The maximum absolute atomic E-state index is 12.1. The van der Waals surface area contributed by atoms with Crippen LogP contribution in [0.2, 0.25) is 0 Å². The minimum atomic E-state index is 0.00208. The second kappa shape index (κ2) is 8.19. The minimum Gasteiger partial charge on any atom is -0.371 e. The monoisotopic (exact) mass is 398 g/mol. The predicted molar refractivity (Wildman–Crippen MR) is 121 cm³/mol. The van der Waals surface area contributed by atoms with Gasteiger partial charge in [0.05, 0.1) is 11.3 Å². The molecule has 1 amide bonds. The molecule has 0 bridgehead atoms. The van der Waals surface area contributed by atoms with Crippen LogP contribution in [0.15, 0.2) is 48.7 Å². The van der Waals surface area contributed by atoms with Crippen molar-refractivity contribution in [1.82, 2.24) is 15.3 Å². The van der Waals surface area contributed by atoms with E-state index in [2.05, 4.69) is 62.7 Å². The Balaban J connectivity index is 1.41. The molecule has 2 N–H and O–H groups in total. The molecule has 1 saturated heterocycles. The fourth-order valence-corrected chi connectivity index (χ4v) is 4.38. The van der Waals surface area contributed by atoms with E-state index in [9.17, 15) is 4.79 Å². The number of H-pyrrole nitrogens is 1. The molecule has 5 rings (SSSR count). The number of aromatic nitrogens is 2. The second-order valence-electron chi connectivity index (χ2n) is 7.99. The van der Waals surface area contributed by atoms with E-state index in [0.717, 1.165) is 47.7 Å². The number of amides is 1. The van der Waals surface area contributed by atoms with Crippen LogP contribution < -0.4 is 10.2 Å². The lowest BCUT2D eigenvalue weighted by Gasteiger charge is -2.30. The molecule has 0 aliphatic carbocycles. The van der Waals surface area contributed by atoms with Crippen LogP contribution in [0.1, 0.15) is 46.6 Å². The molecule has 30 heavy (non-hydrogen) atoms. The lowest BCUT2D eigenvalue weighted by atomic mass is 10.1. The highest BCUT2D eigenvalue weighted by atomic mass is 16.1. The van der Waals surface area contributed by atoms with Crippen molar-refractivity contribution in [3.05, 3.63) is 71.2 Å². The van der Waals surface area contributed by atoms with Gasteiger partial charge in [-0.3, -0.25) is 9.78 Å². The maximum atomic E-state index is 12.1. The zero-order valence-corrected chi connectivity index (χ0v) is 17.0. The summed E-state index contributed by atoms with van der Waals surface area (Å²) in [6.07, 6.45) is 10.7. The first-order chi connectivity index (χ1) is 14.8. The van der Waals surface area contributed by atoms with Gasteiger partial charge in [-0.1, -0.05) is 24.3 Å². The lowest BCUT2D eigenvalue weighted by molar-refractivity contribution is 0.0946. The van der Waals surface area contributed by atoms with Gasteiger partial charge in [-0.15, -0.1) is 0 Å². The van der Waals surface area contributed by atoms with Crippen LogP contribution in [0.4, 0.5) is 5.69 Å². The van der Waals surface area contributed by atoms with Crippen molar-refractivity contribution in [3.8, 4) is 11.3 Å². The van der Waals surface area contributed by atoms with Crippen molar-refractivity contribution in [2.75, 3.05) is 24.5 Å². The van der Waals surface area contributed by atoms with Gasteiger partial charge in [-0.25, -0.2) is 0 Å². The lowest BCUT2D eigenvalue weighted by Crippen LogP contribution is -2.31. The van der Waals surface area contributed by atoms with E-state index in [-0.39, 0.29) is 5.91 Å². The Labute approximate surface area is 176 Å². The highest BCUT2D eigenvalue weighted by Gasteiger charge is 2.20. The summed E-state index contributed by atoms with van der Waals surface area (Å²) in [6.45, 7) is 2.94. The van der Waals surface area contributed by atoms with E-state index in [1.807, 2.05) is 18.3 Å². The van der Waals surface area contributed by atoms with Gasteiger partial charge in [0, 0.05) is 54.9 Å². The molecule has 1 fully saturated rings. The number of rotatable bonds is 4. The summed E-state index contributed by atoms with van der Waals surface area (Å²) in [7, 11) is 0. The van der Waals surface area contributed by atoms with Crippen LogP contribution in [0, 0.1) is 0 Å². The largest absolute Gasteiger partial charge is 0.371 e. The fraction of sp³-hybridized carbons (Fsp3) is 0.280.